The largest absolute Gasteiger partial charge is 0.343 e. The van der Waals surface area contributed by atoms with Gasteiger partial charge in [-0.1, -0.05) is 0 Å². The summed E-state index contributed by atoms with van der Waals surface area (Å²) in [4.78, 5) is 25.6. The molecular weight excluding hydrogens is 344 g/mol. The fraction of sp³-hybridized carbons (Fsp3) is 0.500. The smallest absolute Gasteiger partial charge is 0.326 e. The van der Waals surface area contributed by atoms with E-state index in [1.54, 1.807) is 23.1 Å². The minimum Gasteiger partial charge on any atom is -0.343 e. The first kappa shape index (κ1) is 17.5. The second kappa shape index (κ2) is 6.21. The van der Waals surface area contributed by atoms with Crippen LogP contribution in [-0.2, 0) is 19.8 Å². The molecule has 2 aliphatic rings. The van der Waals surface area contributed by atoms with Gasteiger partial charge in [-0.3, -0.25) is 18.2 Å². The van der Waals surface area contributed by atoms with E-state index in [-0.39, 0.29) is 17.7 Å². The van der Waals surface area contributed by atoms with Gasteiger partial charge >= 0.3 is 10.2 Å². The number of amides is 2. The third-order valence-corrected chi connectivity index (χ3v) is 6.70. The number of likely N-dealkylation sites (tertiary alicyclic amines) is 1. The molecule has 1 aromatic rings. The van der Waals surface area contributed by atoms with Gasteiger partial charge in [0.15, 0.2) is 0 Å². The van der Waals surface area contributed by atoms with Gasteiger partial charge < -0.3 is 10.2 Å². The molecule has 2 heterocycles. The standard InChI is InChI=1S/C16H22N4O4S/c1-11(21)20-8-6-12(7-9-20)16(22)17-13-4-5-14-15(10-13)19(3)25(23,24)18(14)2/h4-5,10,12H,6-9H2,1-3H3,(H,17,22). The van der Waals surface area contributed by atoms with E-state index in [0.717, 1.165) is 0 Å². The van der Waals surface area contributed by atoms with Crippen LogP contribution >= 0.6 is 0 Å². The average Bonchev–Trinajstić information content (AvgIpc) is 2.75. The summed E-state index contributed by atoms with van der Waals surface area (Å²) in [6.07, 6.45) is 1.26. The van der Waals surface area contributed by atoms with Crippen molar-refractivity contribution in [1.29, 1.82) is 0 Å². The first-order valence-electron chi connectivity index (χ1n) is 8.15. The number of anilines is 3. The summed E-state index contributed by atoms with van der Waals surface area (Å²) >= 11 is 0. The predicted molar refractivity (Wildman–Crippen MR) is 95.8 cm³/mol. The van der Waals surface area contributed by atoms with E-state index in [9.17, 15) is 18.0 Å². The molecule has 0 radical (unpaired) electrons. The highest BCUT2D eigenvalue weighted by Crippen LogP contribution is 2.40. The Morgan fingerprint density at radius 3 is 2.28 bits per heavy atom. The SMILES string of the molecule is CC(=O)N1CCC(C(=O)Nc2ccc3c(c2)N(C)S(=O)(=O)N3C)CC1. The van der Waals surface area contributed by atoms with Crippen molar-refractivity contribution in [1.82, 2.24) is 4.90 Å². The van der Waals surface area contributed by atoms with Gasteiger partial charge in [0.1, 0.15) is 0 Å². The Bertz CT molecular complexity index is 815. The topological polar surface area (TPSA) is 90.0 Å². The molecule has 2 aliphatic heterocycles. The molecule has 9 heteroatoms. The molecule has 0 aromatic heterocycles. The molecule has 0 atom stereocenters. The number of nitrogens with zero attached hydrogens (tertiary/aromatic N) is 3. The van der Waals surface area contributed by atoms with Crippen LogP contribution in [0.25, 0.3) is 0 Å². The molecule has 25 heavy (non-hydrogen) atoms. The highest BCUT2D eigenvalue weighted by molar-refractivity contribution is 7.94. The average molecular weight is 366 g/mol. The molecule has 3 rings (SSSR count). The molecule has 1 aromatic carbocycles. The Labute approximate surface area is 147 Å². The third kappa shape index (κ3) is 3.04. The summed E-state index contributed by atoms with van der Waals surface area (Å²) in [5.41, 5.74) is 1.68. The Balaban J connectivity index is 1.70. The zero-order chi connectivity index (χ0) is 18.4. The second-order valence-corrected chi connectivity index (χ2v) is 8.41. The van der Waals surface area contributed by atoms with Crippen LogP contribution in [0.2, 0.25) is 0 Å². The molecule has 8 nitrogen and oxygen atoms in total. The first-order valence-corrected chi connectivity index (χ1v) is 9.54. The number of benzene rings is 1. The molecular formula is C16H22N4O4S. The molecule has 1 N–H and O–H groups in total. The van der Waals surface area contributed by atoms with Crippen LogP contribution in [0.4, 0.5) is 17.1 Å². The second-order valence-electron chi connectivity index (χ2n) is 6.42. The highest BCUT2D eigenvalue weighted by Gasteiger charge is 2.35. The number of hydrogen-bond donors (Lipinski definition) is 1. The van der Waals surface area contributed by atoms with Crippen LogP contribution in [0.5, 0.6) is 0 Å². The lowest BCUT2D eigenvalue weighted by molar-refractivity contribution is -0.132. The number of rotatable bonds is 2. The number of nitrogens with one attached hydrogen (secondary N) is 1. The van der Waals surface area contributed by atoms with Crippen LogP contribution < -0.4 is 13.9 Å². The van der Waals surface area contributed by atoms with Gasteiger partial charge in [-0.05, 0) is 31.0 Å². The zero-order valence-electron chi connectivity index (χ0n) is 14.5. The summed E-state index contributed by atoms with van der Waals surface area (Å²) < 4.78 is 26.7. The summed E-state index contributed by atoms with van der Waals surface area (Å²) in [6.45, 7) is 2.71. The Morgan fingerprint density at radius 2 is 1.68 bits per heavy atom. The number of carbonyl (C=O) groups excluding carboxylic acids is 2. The molecule has 1 saturated heterocycles. The van der Waals surface area contributed by atoms with Gasteiger partial charge in [-0.25, -0.2) is 0 Å². The summed E-state index contributed by atoms with van der Waals surface area (Å²) in [5, 5.41) is 2.87. The van der Waals surface area contributed by atoms with Crippen molar-refractivity contribution in [2.75, 3.05) is 41.1 Å². The maximum absolute atomic E-state index is 12.5. The van der Waals surface area contributed by atoms with E-state index in [2.05, 4.69) is 5.32 Å². The Morgan fingerprint density at radius 1 is 1.08 bits per heavy atom. The normalized spacial score (nSPS) is 19.7. The van der Waals surface area contributed by atoms with Crippen molar-refractivity contribution in [2.45, 2.75) is 19.8 Å². The number of hydrogen-bond acceptors (Lipinski definition) is 4. The molecule has 0 saturated carbocycles. The fourth-order valence-electron chi connectivity index (χ4n) is 3.25. The predicted octanol–water partition coefficient (Wildman–Crippen LogP) is 1.01. The monoisotopic (exact) mass is 366 g/mol. The molecule has 136 valence electrons. The van der Waals surface area contributed by atoms with Crippen molar-refractivity contribution in [2.24, 2.45) is 5.92 Å². The summed E-state index contributed by atoms with van der Waals surface area (Å²) in [6, 6.07) is 5.05. The van der Waals surface area contributed by atoms with Gasteiger partial charge in [0.2, 0.25) is 11.8 Å². The number of fused-ring (bicyclic) bond motifs is 1. The van der Waals surface area contributed by atoms with Gasteiger partial charge in [-0.2, -0.15) is 8.42 Å². The van der Waals surface area contributed by atoms with Crippen molar-refractivity contribution in [3.8, 4) is 0 Å². The van der Waals surface area contributed by atoms with E-state index in [1.165, 1.54) is 29.6 Å². The van der Waals surface area contributed by atoms with Gasteiger partial charge in [-0.15, -0.1) is 0 Å². The van der Waals surface area contributed by atoms with Crippen LogP contribution in [0, 0.1) is 5.92 Å². The molecule has 2 amide bonds. The van der Waals surface area contributed by atoms with Crippen molar-refractivity contribution in [3.63, 3.8) is 0 Å². The first-order chi connectivity index (χ1) is 11.7. The van der Waals surface area contributed by atoms with E-state index in [4.69, 9.17) is 0 Å². The van der Waals surface area contributed by atoms with Crippen molar-refractivity contribution >= 4 is 39.1 Å². The minimum absolute atomic E-state index is 0.0332. The van der Waals surface area contributed by atoms with Gasteiger partial charge in [0.05, 0.1) is 11.4 Å². The van der Waals surface area contributed by atoms with Crippen LogP contribution in [0.15, 0.2) is 18.2 Å². The third-order valence-electron chi connectivity index (χ3n) is 4.92. The zero-order valence-corrected chi connectivity index (χ0v) is 15.3. The number of carbonyl (C=O) groups is 2. The lowest BCUT2D eigenvalue weighted by Crippen LogP contribution is -2.40. The summed E-state index contributed by atoms with van der Waals surface area (Å²) in [5.74, 6) is -0.209. The van der Waals surface area contributed by atoms with Gasteiger partial charge in [0, 0.05) is 45.7 Å². The maximum Gasteiger partial charge on any atom is 0.326 e. The van der Waals surface area contributed by atoms with Crippen LogP contribution in [0.3, 0.4) is 0 Å². The molecule has 1 fully saturated rings. The van der Waals surface area contributed by atoms with Gasteiger partial charge in [0.25, 0.3) is 0 Å². The highest BCUT2D eigenvalue weighted by atomic mass is 32.2. The van der Waals surface area contributed by atoms with E-state index in [0.29, 0.717) is 43.0 Å². The van der Waals surface area contributed by atoms with E-state index in [1.807, 2.05) is 0 Å². The lowest BCUT2D eigenvalue weighted by Gasteiger charge is -2.30. The summed E-state index contributed by atoms with van der Waals surface area (Å²) in [7, 11) is -0.541. The quantitative estimate of drug-likeness (QED) is 0.846. The molecule has 0 unspecified atom stereocenters. The Kier molecular flexibility index (Phi) is 4.36. The fourth-order valence-corrected chi connectivity index (χ4v) is 4.42. The van der Waals surface area contributed by atoms with Crippen molar-refractivity contribution < 1.29 is 18.0 Å². The Hall–Kier alpha value is -2.29. The maximum atomic E-state index is 12.5. The minimum atomic E-state index is -3.53. The van der Waals surface area contributed by atoms with Crippen molar-refractivity contribution in [3.05, 3.63) is 18.2 Å². The van der Waals surface area contributed by atoms with E-state index >= 15 is 0 Å². The number of piperidine rings is 1. The van der Waals surface area contributed by atoms with Crippen LogP contribution in [-0.4, -0.2) is 52.3 Å². The molecule has 0 spiro atoms. The lowest BCUT2D eigenvalue weighted by atomic mass is 9.96. The molecule has 0 aliphatic carbocycles. The van der Waals surface area contributed by atoms with E-state index < -0.39 is 10.2 Å². The van der Waals surface area contributed by atoms with Crippen LogP contribution in [0.1, 0.15) is 19.8 Å². The molecule has 0 bridgehead atoms.